The monoisotopic (exact) mass is 191 g/mol. The number of carbonyl (C=O) groups excluding carboxylic acids is 1. The Morgan fingerprint density at radius 2 is 2.36 bits per heavy atom. The van der Waals surface area contributed by atoms with Crippen LogP contribution in [0.3, 0.4) is 0 Å². The summed E-state index contributed by atoms with van der Waals surface area (Å²) in [5.74, 6) is -0.0972. The molecular formula is C6H5N7O. The van der Waals surface area contributed by atoms with Crippen molar-refractivity contribution < 1.29 is 4.79 Å². The average molecular weight is 191 g/mol. The predicted octanol–water partition coefficient (Wildman–Crippen LogP) is -0.758. The molecule has 0 aliphatic carbocycles. The molecule has 0 saturated heterocycles. The van der Waals surface area contributed by atoms with Crippen LogP contribution in [0.4, 0.5) is 5.82 Å². The van der Waals surface area contributed by atoms with E-state index in [9.17, 15) is 4.79 Å². The predicted molar refractivity (Wildman–Crippen MR) is 44.2 cm³/mol. The van der Waals surface area contributed by atoms with Gasteiger partial charge in [0, 0.05) is 12.4 Å². The minimum atomic E-state index is -0.462. The van der Waals surface area contributed by atoms with Crippen molar-refractivity contribution in [3.63, 3.8) is 0 Å². The number of aromatic amines is 1. The Labute approximate surface area is 77.8 Å². The van der Waals surface area contributed by atoms with E-state index in [0.29, 0.717) is 5.82 Å². The number of hydrogen-bond donors (Lipinski definition) is 2. The van der Waals surface area contributed by atoms with E-state index in [1.54, 1.807) is 0 Å². The Kier molecular flexibility index (Phi) is 2.09. The number of nitrogens with zero attached hydrogens (tertiary/aromatic N) is 5. The molecule has 1 amide bonds. The van der Waals surface area contributed by atoms with Crippen LogP contribution in [0.5, 0.6) is 0 Å². The van der Waals surface area contributed by atoms with Gasteiger partial charge in [0.1, 0.15) is 0 Å². The van der Waals surface area contributed by atoms with Crippen molar-refractivity contribution in [2.75, 3.05) is 5.32 Å². The lowest BCUT2D eigenvalue weighted by molar-refractivity contribution is 0.101. The molecule has 0 aliphatic heterocycles. The molecule has 0 spiro atoms. The molecule has 0 aromatic carbocycles. The summed E-state index contributed by atoms with van der Waals surface area (Å²) in [6, 6.07) is 0. The Hall–Kier alpha value is -2.38. The first-order chi connectivity index (χ1) is 6.86. The number of tetrazole rings is 1. The maximum absolute atomic E-state index is 11.3. The molecule has 2 heterocycles. The van der Waals surface area contributed by atoms with Gasteiger partial charge >= 0.3 is 0 Å². The highest BCUT2D eigenvalue weighted by Gasteiger charge is 2.09. The third-order valence-electron chi connectivity index (χ3n) is 1.37. The minimum absolute atomic E-state index is 0.0238. The molecule has 0 atom stereocenters. The van der Waals surface area contributed by atoms with E-state index in [4.69, 9.17) is 0 Å². The van der Waals surface area contributed by atoms with Gasteiger partial charge in [-0.3, -0.25) is 9.78 Å². The highest BCUT2D eigenvalue weighted by atomic mass is 16.2. The molecular weight excluding hydrogens is 186 g/mol. The number of nitrogens with one attached hydrogen (secondary N) is 2. The van der Waals surface area contributed by atoms with Gasteiger partial charge in [-0.15, -0.1) is 5.10 Å². The number of rotatable bonds is 2. The van der Waals surface area contributed by atoms with Crippen LogP contribution in [0.25, 0.3) is 0 Å². The highest BCUT2D eigenvalue weighted by molar-refractivity contribution is 6.00. The van der Waals surface area contributed by atoms with Gasteiger partial charge < -0.3 is 5.32 Å². The summed E-state index contributed by atoms with van der Waals surface area (Å²) in [6.45, 7) is 0. The van der Waals surface area contributed by atoms with E-state index in [2.05, 4.69) is 35.9 Å². The van der Waals surface area contributed by atoms with Gasteiger partial charge in [-0.25, -0.2) is 10.1 Å². The molecule has 2 rings (SSSR count). The first-order valence-electron chi connectivity index (χ1n) is 3.67. The first kappa shape index (κ1) is 8.23. The van der Waals surface area contributed by atoms with Crippen molar-refractivity contribution in [2.24, 2.45) is 0 Å². The zero-order chi connectivity index (χ0) is 9.80. The van der Waals surface area contributed by atoms with Gasteiger partial charge in [0.25, 0.3) is 5.91 Å². The van der Waals surface area contributed by atoms with Crippen LogP contribution in [-0.4, -0.2) is 36.5 Å². The van der Waals surface area contributed by atoms with Crippen molar-refractivity contribution >= 4 is 11.7 Å². The largest absolute Gasteiger partial charge is 0.302 e. The van der Waals surface area contributed by atoms with E-state index < -0.39 is 5.91 Å². The fraction of sp³-hybridized carbons (Fsp3) is 0. The normalized spacial score (nSPS) is 9.71. The molecule has 0 unspecified atom stereocenters. The molecule has 2 N–H and O–H groups in total. The Balaban J connectivity index is 2.10. The Bertz CT molecular complexity index is 411. The number of hydrogen-bond acceptors (Lipinski definition) is 6. The summed E-state index contributed by atoms with van der Waals surface area (Å²) in [7, 11) is 0. The van der Waals surface area contributed by atoms with Crippen LogP contribution in [0.1, 0.15) is 10.6 Å². The van der Waals surface area contributed by atoms with Crippen LogP contribution < -0.4 is 5.32 Å². The number of carbonyl (C=O) groups is 1. The topological polar surface area (TPSA) is 109 Å². The lowest BCUT2D eigenvalue weighted by Gasteiger charge is -1.98. The molecule has 2 aromatic rings. The van der Waals surface area contributed by atoms with Gasteiger partial charge in [0.05, 0.1) is 6.20 Å². The molecule has 8 heteroatoms. The van der Waals surface area contributed by atoms with Crippen LogP contribution in [0.15, 0.2) is 18.6 Å². The molecule has 70 valence electrons. The summed E-state index contributed by atoms with van der Waals surface area (Å²) in [4.78, 5) is 19.0. The maximum Gasteiger partial charge on any atom is 0.296 e. The SMILES string of the molecule is O=C(Nc1cnccn1)c1nnn[nH]1. The van der Waals surface area contributed by atoms with Crippen molar-refractivity contribution in [3.05, 3.63) is 24.4 Å². The summed E-state index contributed by atoms with van der Waals surface area (Å²) >= 11 is 0. The fourth-order valence-corrected chi connectivity index (χ4v) is 0.795. The van der Waals surface area contributed by atoms with Crippen LogP contribution in [-0.2, 0) is 0 Å². The number of aromatic nitrogens is 6. The van der Waals surface area contributed by atoms with Crippen LogP contribution >= 0.6 is 0 Å². The smallest absolute Gasteiger partial charge is 0.296 e. The fourth-order valence-electron chi connectivity index (χ4n) is 0.795. The van der Waals surface area contributed by atoms with Crippen LogP contribution in [0.2, 0.25) is 0 Å². The lowest BCUT2D eigenvalue weighted by Crippen LogP contribution is -2.14. The Morgan fingerprint density at radius 3 is 3.00 bits per heavy atom. The summed E-state index contributed by atoms with van der Waals surface area (Å²) in [5, 5.41) is 14.8. The second-order valence-electron chi connectivity index (χ2n) is 2.29. The summed E-state index contributed by atoms with van der Waals surface area (Å²) in [5.41, 5.74) is 0. The number of amides is 1. The molecule has 8 nitrogen and oxygen atoms in total. The zero-order valence-corrected chi connectivity index (χ0v) is 6.88. The van der Waals surface area contributed by atoms with Crippen molar-refractivity contribution in [3.8, 4) is 0 Å². The lowest BCUT2D eigenvalue weighted by atomic mass is 10.5. The standard InChI is InChI=1S/C6H5N7O/c14-6(5-10-12-13-11-5)9-4-3-7-1-2-8-4/h1-3H,(H,8,9,14)(H,10,11,12,13). The summed E-state index contributed by atoms with van der Waals surface area (Å²) < 4.78 is 0. The number of H-pyrrole nitrogens is 1. The quantitative estimate of drug-likeness (QED) is 0.645. The van der Waals surface area contributed by atoms with Crippen molar-refractivity contribution in [1.82, 2.24) is 30.6 Å². The second kappa shape index (κ2) is 3.56. The molecule has 0 bridgehead atoms. The van der Waals surface area contributed by atoms with Gasteiger partial charge in [0.15, 0.2) is 5.82 Å². The van der Waals surface area contributed by atoms with Gasteiger partial charge in [-0.05, 0) is 10.4 Å². The van der Waals surface area contributed by atoms with Crippen LogP contribution in [0, 0.1) is 0 Å². The van der Waals surface area contributed by atoms with E-state index in [1.807, 2.05) is 0 Å². The second-order valence-corrected chi connectivity index (χ2v) is 2.29. The third-order valence-corrected chi connectivity index (χ3v) is 1.37. The molecule has 0 saturated carbocycles. The molecule has 0 radical (unpaired) electrons. The highest BCUT2D eigenvalue weighted by Crippen LogP contribution is 1.98. The van der Waals surface area contributed by atoms with Crippen molar-refractivity contribution in [1.29, 1.82) is 0 Å². The van der Waals surface area contributed by atoms with Gasteiger partial charge in [-0.1, -0.05) is 0 Å². The van der Waals surface area contributed by atoms with Gasteiger partial charge in [0.2, 0.25) is 5.82 Å². The molecule has 14 heavy (non-hydrogen) atoms. The molecule has 2 aromatic heterocycles. The van der Waals surface area contributed by atoms with E-state index in [0.717, 1.165) is 0 Å². The van der Waals surface area contributed by atoms with E-state index in [1.165, 1.54) is 18.6 Å². The molecule has 0 aliphatic rings. The molecule has 0 fully saturated rings. The average Bonchev–Trinajstić information content (AvgIpc) is 2.72. The van der Waals surface area contributed by atoms with Gasteiger partial charge in [-0.2, -0.15) is 0 Å². The zero-order valence-electron chi connectivity index (χ0n) is 6.88. The van der Waals surface area contributed by atoms with Crippen molar-refractivity contribution in [2.45, 2.75) is 0 Å². The van der Waals surface area contributed by atoms with E-state index >= 15 is 0 Å². The third kappa shape index (κ3) is 1.68. The number of anilines is 1. The summed E-state index contributed by atoms with van der Waals surface area (Å²) in [6.07, 6.45) is 4.39. The first-order valence-corrected chi connectivity index (χ1v) is 3.67. The minimum Gasteiger partial charge on any atom is -0.302 e. The van der Waals surface area contributed by atoms with E-state index in [-0.39, 0.29) is 5.82 Å². The maximum atomic E-state index is 11.3. The Morgan fingerprint density at radius 1 is 1.43 bits per heavy atom.